The number of methoxy groups -OCH3 is 1. The molecule has 0 N–H and O–H groups in total. The van der Waals surface area contributed by atoms with Crippen LogP contribution in [0.25, 0.3) is 0 Å². The highest BCUT2D eigenvalue weighted by atomic mass is 16.5. The second-order valence-corrected chi connectivity index (χ2v) is 8.93. The Labute approximate surface area is 177 Å². The molecule has 0 aromatic heterocycles. The molecule has 1 spiro atoms. The molecule has 1 aromatic carbocycles. The molecule has 4 aliphatic rings. The summed E-state index contributed by atoms with van der Waals surface area (Å²) in [6, 6.07) is 7.76. The quantitative estimate of drug-likeness (QED) is 0.696. The van der Waals surface area contributed by atoms with Crippen LogP contribution < -0.4 is 4.74 Å². The largest absolute Gasteiger partial charge is 0.497 e. The second-order valence-electron chi connectivity index (χ2n) is 8.93. The van der Waals surface area contributed by atoms with E-state index in [1.165, 1.54) is 0 Å². The molecule has 5 rings (SSSR count). The number of carbonyl (C=O) groups is 2. The van der Waals surface area contributed by atoms with Gasteiger partial charge < -0.3 is 24.2 Å². The van der Waals surface area contributed by atoms with Crippen LogP contribution in [0, 0.1) is 11.8 Å². The van der Waals surface area contributed by atoms with E-state index >= 15 is 0 Å². The summed E-state index contributed by atoms with van der Waals surface area (Å²) in [6.45, 7) is 4.31. The monoisotopic (exact) mass is 411 g/mol. The maximum absolute atomic E-state index is 13.5. The lowest BCUT2D eigenvalue weighted by molar-refractivity contribution is -0.143. The Morgan fingerprint density at radius 3 is 2.97 bits per heavy atom. The van der Waals surface area contributed by atoms with Gasteiger partial charge in [0.25, 0.3) is 0 Å². The normalized spacial score (nSPS) is 33.1. The molecule has 4 heterocycles. The Bertz CT molecular complexity index is 887. The number of carbonyl (C=O) groups excluding carboxylic acids is 2. The van der Waals surface area contributed by atoms with Crippen molar-refractivity contribution in [2.24, 2.45) is 11.8 Å². The van der Waals surface area contributed by atoms with E-state index in [9.17, 15) is 9.59 Å². The lowest BCUT2D eigenvalue weighted by Crippen LogP contribution is -2.47. The number of likely N-dealkylation sites (tertiary alicyclic amines) is 1. The van der Waals surface area contributed by atoms with Crippen molar-refractivity contribution in [2.45, 2.75) is 24.7 Å². The molecular formula is C23H29N3O4. The van der Waals surface area contributed by atoms with Gasteiger partial charge in [0.15, 0.2) is 0 Å². The molecule has 4 atom stereocenters. The zero-order valence-corrected chi connectivity index (χ0v) is 17.6. The second kappa shape index (κ2) is 7.39. The molecule has 2 amide bonds. The van der Waals surface area contributed by atoms with E-state index in [0.717, 1.165) is 37.4 Å². The van der Waals surface area contributed by atoms with Crippen molar-refractivity contribution in [3.63, 3.8) is 0 Å². The summed E-state index contributed by atoms with van der Waals surface area (Å²) in [7, 11) is 3.72. The number of benzene rings is 1. The Kier molecular flexibility index (Phi) is 4.82. The van der Waals surface area contributed by atoms with Gasteiger partial charge in [-0.3, -0.25) is 9.59 Å². The molecule has 0 aliphatic carbocycles. The van der Waals surface area contributed by atoms with E-state index in [0.29, 0.717) is 19.6 Å². The van der Waals surface area contributed by atoms with Crippen molar-refractivity contribution in [2.75, 3.05) is 46.9 Å². The first-order chi connectivity index (χ1) is 14.5. The predicted octanol–water partition coefficient (Wildman–Crippen LogP) is 1.14. The summed E-state index contributed by atoms with van der Waals surface area (Å²) in [5.74, 6) is 0.0274. The van der Waals surface area contributed by atoms with Crippen molar-refractivity contribution in [1.82, 2.24) is 14.7 Å². The Balaban J connectivity index is 1.36. The third-order valence-corrected chi connectivity index (χ3v) is 7.00. The molecule has 4 aliphatic heterocycles. The van der Waals surface area contributed by atoms with Gasteiger partial charge in [0.05, 0.1) is 31.6 Å². The first kappa shape index (κ1) is 19.6. The molecule has 7 heteroatoms. The van der Waals surface area contributed by atoms with Crippen LogP contribution >= 0.6 is 0 Å². The van der Waals surface area contributed by atoms with Crippen molar-refractivity contribution >= 4 is 11.8 Å². The fourth-order valence-corrected chi connectivity index (χ4v) is 5.46. The van der Waals surface area contributed by atoms with Crippen LogP contribution in [0.4, 0.5) is 0 Å². The van der Waals surface area contributed by atoms with Crippen molar-refractivity contribution in [1.29, 1.82) is 0 Å². The van der Waals surface area contributed by atoms with E-state index < -0.39 is 17.4 Å². The zero-order chi connectivity index (χ0) is 20.9. The van der Waals surface area contributed by atoms with Gasteiger partial charge >= 0.3 is 0 Å². The molecule has 0 unspecified atom stereocenters. The Hall–Kier alpha value is -2.38. The highest BCUT2D eigenvalue weighted by Gasteiger charge is 2.67. The number of hydrogen-bond donors (Lipinski definition) is 0. The lowest BCUT2D eigenvalue weighted by Gasteiger charge is -2.29. The van der Waals surface area contributed by atoms with E-state index in [1.54, 1.807) is 7.11 Å². The van der Waals surface area contributed by atoms with Gasteiger partial charge in [-0.15, -0.1) is 0 Å². The van der Waals surface area contributed by atoms with Gasteiger partial charge in [0, 0.05) is 26.2 Å². The van der Waals surface area contributed by atoms with Gasteiger partial charge in [-0.1, -0.05) is 24.3 Å². The molecular weight excluding hydrogens is 382 g/mol. The summed E-state index contributed by atoms with van der Waals surface area (Å²) in [6.07, 6.45) is 4.69. The topological polar surface area (TPSA) is 62.3 Å². The molecule has 0 radical (unpaired) electrons. The number of rotatable bonds is 4. The minimum atomic E-state index is -0.663. The van der Waals surface area contributed by atoms with Crippen molar-refractivity contribution in [3.8, 4) is 5.75 Å². The van der Waals surface area contributed by atoms with Gasteiger partial charge in [-0.25, -0.2) is 0 Å². The third kappa shape index (κ3) is 3.11. The fourth-order valence-electron chi connectivity index (χ4n) is 5.46. The van der Waals surface area contributed by atoms with Crippen LogP contribution in [0.3, 0.4) is 0 Å². The Morgan fingerprint density at radius 1 is 1.27 bits per heavy atom. The SMILES string of the molecule is COc1cccc(CN2C[C@]34C=C[C@H](O3)[C@H](C(=O)N3CCCN(C)CC3)[C@H]4C2=O)c1. The van der Waals surface area contributed by atoms with E-state index in [4.69, 9.17) is 9.47 Å². The van der Waals surface area contributed by atoms with Crippen LogP contribution in [0.5, 0.6) is 5.75 Å². The van der Waals surface area contributed by atoms with Gasteiger partial charge in [-0.05, 0) is 37.7 Å². The molecule has 3 saturated heterocycles. The molecule has 2 bridgehead atoms. The zero-order valence-electron chi connectivity index (χ0n) is 17.6. The molecule has 3 fully saturated rings. The van der Waals surface area contributed by atoms with Gasteiger partial charge in [0.1, 0.15) is 11.4 Å². The molecule has 7 nitrogen and oxygen atoms in total. The number of ether oxygens (including phenoxy) is 2. The van der Waals surface area contributed by atoms with Crippen LogP contribution in [0.1, 0.15) is 12.0 Å². The van der Waals surface area contributed by atoms with Crippen molar-refractivity contribution in [3.05, 3.63) is 42.0 Å². The predicted molar refractivity (Wildman–Crippen MR) is 111 cm³/mol. The third-order valence-electron chi connectivity index (χ3n) is 7.00. The number of amides is 2. The maximum atomic E-state index is 13.5. The first-order valence-electron chi connectivity index (χ1n) is 10.8. The molecule has 1 aromatic rings. The number of nitrogens with zero attached hydrogens (tertiary/aromatic N) is 3. The standard InChI is InChI=1S/C23H29N3O4/c1-24-9-4-10-25(12-11-24)21(27)19-18-7-8-23(30-18)15-26(22(28)20(19)23)14-16-5-3-6-17(13-16)29-2/h3,5-8,13,18-20H,4,9-12,14-15H2,1-2H3/t18-,19-,20-,23-/m0/s1. The summed E-state index contributed by atoms with van der Waals surface area (Å²) in [5, 5.41) is 0. The summed E-state index contributed by atoms with van der Waals surface area (Å²) >= 11 is 0. The first-order valence-corrected chi connectivity index (χ1v) is 10.8. The average molecular weight is 412 g/mol. The van der Waals surface area contributed by atoms with E-state index in [-0.39, 0.29) is 17.9 Å². The van der Waals surface area contributed by atoms with Crippen LogP contribution in [0.15, 0.2) is 36.4 Å². The van der Waals surface area contributed by atoms with Gasteiger partial charge in [0.2, 0.25) is 11.8 Å². The summed E-state index contributed by atoms with van der Waals surface area (Å²) < 4.78 is 11.6. The van der Waals surface area contributed by atoms with Crippen LogP contribution in [0.2, 0.25) is 0 Å². The molecule has 0 saturated carbocycles. The highest BCUT2D eigenvalue weighted by Crippen LogP contribution is 2.52. The summed E-state index contributed by atoms with van der Waals surface area (Å²) in [4.78, 5) is 33.0. The van der Waals surface area contributed by atoms with E-state index in [1.807, 2.05) is 46.2 Å². The van der Waals surface area contributed by atoms with Crippen LogP contribution in [-0.2, 0) is 20.9 Å². The Morgan fingerprint density at radius 2 is 2.13 bits per heavy atom. The van der Waals surface area contributed by atoms with Gasteiger partial charge in [-0.2, -0.15) is 0 Å². The number of likely N-dealkylation sites (N-methyl/N-ethyl adjacent to an activating group) is 1. The fraction of sp³-hybridized carbons (Fsp3) is 0.565. The van der Waals surface area contributed by atoms with Crippen molar-refractivity contribution < 1.29 is 19.1 Å². The molecule has 30 heavy (non-hydrogen) atoms. The smallest absolute Gasteiger partial charge is 0.230 e. The maximum Gasteiger partial charge on any atom is 0.230 e. The summed E-state index contributed by atoms with van der Waals surface area (Å²) in [5.41, 5.74) is 0.347. The van der Waals surface area contributed by atoms with E-state index in [2.05, 4.69) is 11.9 Å². The highest BCUT2D eigenvalue weighted by molar-refractivity contribution is 5.93. The number of fused-ring (bicyclic) bond motifs is 1. The minimum absolute atomic E-state index is 0.0231. The van der Waals surface area contributed by atoms with Crippen LogP contribution in [-0.4, -0.2) is 85.1 Å². The lowest BCUT2D eigenvalue weighted by atomic mass is 9.76. The number of hydrogen-bond acceptors (Lipinski definition) is 5. The minimum Gasteiger partial charge on any atom is -0.497 e. The average Bonchev–Trinajstić information content (AvgIpc) is 3.32. The molecule has 160 valence electrons.